The van der Waals surface area contributed by atoms with Crippen LogP contribution in [0, 0.1) is 0 Å². The quantitative estimate of drug-likeness (QED) is 0.411. The Morgan fingerprint density at radius 2 is 1.79 bits per heavy atom. The van der Waals surface area contributed by atoms with Crippen molar-refractivity contribution in [1.29, 1.82) is 0 Å². The Morgan fingerprint density at radius 3 is 2.54 bits per heavy atom. The monoisotopic (exact) mass is 344 g/mol. The van der Waals surface area contributed by atoms with E-state index in [1.54, 1.807) is 12.1 Å². The van der Waals surface area contributed by atoms with Gasteiger partial charge in [-0.05, 0) is 43.3 Å². The van der Waals surface area contributed by atoms with E-state index in [2.05, 4.69) is 0 Å². The predicted molar refractivity (Wildman–Crippen MR) is 86.7 cm³/mol. The van der Waals surface area contributed by atoms with Crippen molar-refractivity contribution in [2.24, 2.45) is 0 Å². The zero-order valence-corrected chi connectivity index (χ0v) is 13.4. The maximum absolute atomic E-state index is 12.5. The minimum atomic E-state index is -4.14. The van der Waals surface area contributed by atoms with Gasteiger partial charge in [0, 0.05) is 11.5 Å². The number of para-hydroxylation sites is 1. The van der Waals surface area contributed by atoms with E-state index in [-0.39, 0.29) is 27.6 Å². The summed E-state index contributed by atoms with van der Waals surface area (Å²) < 4.78 is 35.0. The highest BCUT2D eigenvalue weighted by Gasteiger charge is 2.20. The Kier molecular flexibility index (Phi) is 3.94. The molecular formula is C17H12O6S. The van der Waals surface area contributed by atoms with Gasteiger partial charge in [-0.25, -0.2) is 4.79 Å². The molecule has 24 heavy (non-hydrogen) atoms. The van der Waals surface area contributed by atoms with Crippen molar-refractivity contribution >= 4 is 26.9 Å². The first-order chi connectivity index (χ1) is 11.4. The van der Waals surface area contributed by atoms with Crippen LogP contribution in [0.4, 0.5) is 0 Å². The van der Waals surface area contributed by atoms with Gasteiger partial charge in [-0.2, -0.15) is 8.42 Å². The van der Waals surface area contributed by atoms with Gasteiger partial charge in [0.05, 0.1) is 5.56 Å². The van der Waals surface area contributed by atoms with E-state index < -0.39 is 15.7 Å². The summed E-state index contributed by atoms with van der Waals surface area (Å²) in [6.07, 6.45) is 0. The molecule has 0 aliphatic rings. The SMILES string of the molecule is CC(=O)c1ccccc1OS(=O)(=O)c1ccc2oc(=O)ccc2c1. The number of benzene rings is 2. The number of rotatable bonds is 4. The van der Waals surface area contributed by atoms with Crippen molar-refractivity contribution < 1.29 is 21.8 Å². The first-order valence-electron chi connectivity index (χ1n) is 6.95. The molecule has 0 spiro atoms. The van der Waals surface area contributed by atoms with Gasteiger partial charge >= 0.3 is 15.7 Å². The van der Waals surface area contributed by atoms with E-state index in [1.807, 2.05) is 0 Å². The summed E-state index contributed by atoms with van der Waals surface area (Å²) in [5.74, 6) is -0.342. The van der Waals surface area contributed by atoms with Gasteiger partial charge in [-0.1, -0.05) is 12.1 Å². The highest BCUT2D eigenvalue weighted by Crippen LogP contribution is 2.25. The van der Waals surface area contributed by atoms with Gasteiger partial charge in [0.2, 0.25) is 0 Å². The Bertz CT molecular complexity index is 1100. The number of ketones is 1. The largest absolute Gasteiger partial charge is 0.423 e. The van der Waals surface area contributed by atoms with Crippen LogP contribution in [0.3, 0.4) is 0 Å². The molecule has 1 heterocycles. The molecule has 2 aromatic carbocycles. The maximum atomic E-state index is 12.5. The zero-order chi connectivity index (χ0) is 17.3. The fraction of sp³-hybridized carbons (Fsp3) is 0.0588. The molecule has 6 nitrogen and oxygen atoms in total. The highest BCUT2D eigenvalue weighted by atomic mass is 32.2. The molecule has 0 unspecified atom stereocenters. The Balaban J connectivity index is 2.04. The fourth-order valence-electron chi connectivity index (χ4n) is 2.20. The van der Waals surface area contributed by atoms with Crippen LogP contribution in [0.5, 0.6) is 5.75 Å². The summed E-state index contributed by atoms with van der Waals surface area (Å²) >= 11 is 0. The van der Waals surface area contributed by atoms with E-state index in [9.17, 15) is 18.0 Å². The van der Waals surface area contributed by atoms with Crippen molar-refractivity contribution in [1.82, 2.24) is 0 Å². The van der Waals surface area contributed by atoms with E-state index in [0.29, 0.717) is 5.39 Å². The fourth-order valence-corrected chi connectivity index (χ4v) is 3.19. The first-order valence-corrected chi connectivity index (χ1v) is 8.36. The van der Waals surface area contributed by atoms with E-state index >= 15 is 0 Å². The van der Waals surface area contributed by atoms with Crippen LogP contribution in [-0.2, 0) is 10.1 Å². The minimum absolute atomic E-state index is 0.0373. The van der Waals surface area contributed by atoms with Crippen LogP contribution in [0.2, 0.25) is 0 Å². The van der Waals surface area contributed by atoms with Gasteiger partial charge in [0.25, 0.3) is 0 Å². The Morgan fingerprint density at radius 1 is 1.04 bits per heavy atom. The molecule has 0 amide bonds. The van der Waals surface area contributed by atoms with Gasteiger partial charge in [0.15, 0.2) is 11.5 Å². The molecule has 0 saturated heterocycles. The molecule has 0 fully saturated rings. The Labute approximate surface area is 137 Å². The van der Waals surface area contributed by atoms with E-state index in [4.69, 9.17) is 8.60 Å². The van der Waals surface area contributed by atoms with Crippen LogP contribution in [0.1, 0.15) is 17.3 Å². The van der Waals surface area contributed by atoms with Gasteiger partial charge in [-0.15, -0.1) is 0 Å². The van der Waals surface area contributed by atoms with Crippen molar-refractivity contribution in [2.45, 2.75) is 11.8 Å². The second kappa shape index (κ2) is 5.93. The first kappa shape index (κ1) is 15.9. The van der Waals surface area contributed by atoms with Crippen molar-refractivity contribution in [3.05, 3.63) is 70.6 Å². The van der Waals surface area contributed by atoms with E-state index in [0.717, 1.165) is 0 Å². The minimum Gasteiger partial charge on any atom is -0.423 e. The topological polar surface area (TPSA) is 90.7 Å². The lowest BCUT2D eigenvalue weighted by atomic mass is 10.1. The lowest BCUT2D eigenvalue weighted by Gasteiger charge is -2.10. The number of fused-ring (bicyclic) bond motifs is 1. The number of carbonyl (C=O) groups excluding carboxylic acids is 1. The summed E-state index contributed by atoms with van der Waals surface area (Å²) in [5.41, 5.74) is -0.0804. The average molecular weight is 344 g/mol. The van der Waals surface area contributed by atoms with Gasteiger partial charge < -0.3 is 8.60 Å². The lowest BCUT2D eigenvalue weighted by Crippen LogP contribution is -2.12. The molecule has 3 rings (SSSR count). The van der Waals surface area contributed by atoms with Crippen molar-refractivity contribution in [3.63, 3.8) is 0 Å². The van der Waals surface area contributed by atoms with Crippen molar-refractivity contribution in [2.75, 3.05) is 0 Å². The van der Waals surface area contributed by atoms with Crippen molar-refractivity contribution in [3.8, 4) is 5.75 Å². The van der Waals surface area contributed by atoms with Crippen LogP contribution < -0.4 is 9.81 Å². The number of carbonyl (C=O) groups is 1. The number of hydrogen-bond acceptors (Lipinski definition) is 6. The second-order valence-corrected chi connectivity index (χ2v) is 6.59. The number of Topliss-reactive ketones (excluding diaryl/α,β-unsaturated/α-hetero) is 1. The third kappa shape index (κ3) is 3.07. The molecule has 122 valence electrons. The summed E-state index contributed by atoms with van der Waals surface area (Å²) in [7, 11) is -4.14. The molecule has 3 aromatic rings. The smallest absolute Gasteiger partial charge is 0.339 e. The molecule has 0 bridgehead atoms. The molecule has 0 saturated carbocycles. The average Bonchev–Trinajstić information content (AvgIpc) is 2.54. The van der Waals surface area contributed by atoms with Gasteiger partial charge in [-0.3, -0.25) is 4.79 Å². The summed E-state index contributed by atoms with van der Waals surface area (Å²) in [6.45, 7) is 1.33. The summed E-state index contributed by atoms with van der Waals surface area (Å²) in [5, 5.41) is 0.444. The molecule has 0 N–H and O–H groups in total. The van der Waals surface area contributed by atoms with Crippen LogP contribution in [0.25, 0.3) is 11.0 Å². The molecular weight excluding hydrogens is 332 g/mol. The second-order valence-electron chi connectivity index (χ2n) is 5.04. The van der Waals surface area contributed by atoms with Gasteiger partial charge in [0.1, 0.15) is 10.5 Å². The third-order valence-electron chi connectivity index (χ3n) is 3.35. The highest BCUT2D eigenvalue weighted by molar-refractivity contribution is 7.87. The number of hydrogen-bond donors (Lipinski definition) is 0. The predicted octanol–water partition coefficient (Wildman–Crippen LogP) is 2.76. The molecule has 0 aliphatic heterocycles. The maximum Gasteiger partial charge on any atom is 0.339 e. The summed E-state index contributed by atoms with van der Waals surface area (Å²) in [6, 6.07) is 12.7. The van der Waals surface area contributed by atoms with Crippen LogP contribution >= 0.6 is 0 Å². The normalized spacial score (nSPS) is 11.4. The zero-order valence-electron chi connectivity index (χ0n) is 12.6. The summed E-state index contributed by atoms with van der Waals surface area (Å²) in [4.78, 5) is 22.6. The molecule has 1 aromatic heterocycles. The van der Waals surface area contributed by atoms with E-state index in [1.165, 1.54) is 49.4 Å². The van der Waals surface area contributed by atoms with Crippen LogP contribution in [0.15, 0.2) is 68.7 Å². The standard InChI is InChI=1S/C17H12O6S/c1-11(18)14-4-2-3-5-16(14)23-24(20,21)13-7-8-15-12(10-13)6-9-17(19)22-15/h2-10H,1H3. The van der Waals surface area contributed by atoms with Crippen LogP contribution in [-0.4, -0.2) is 14.2 Å². The third-order valence-corrected chi connectivity index (χ3v) is 4.58. The lowest BCUT2D eigenvalue weighted by molar-refractivity contribution is 0.101. The molecule has 7 heteroatoms. The molecule has 0 atom stereocenters. The Hall–Kier alpha value is -2.93. The molecule has 0 aliphatic carbocycles. The molecule has 0 radical (unpaired) electrons.